The van der Waals surface area contributed by atoms with Gasteiger partial charge in [0.1, 0.15) is 11.3 Å². The van der Waals surface area contributed by atoms with E-state index >= 15 is 0 Å². The van der Waals surface area contributed by atoms with Crippen molar-refractivity contribution >= 4 is 33.9 Å². The van der Waals surface area contributed by atoms with Gasteiger partial charge in [0.2, 0.25) is 5.91 Å². The molecule has 1 aromatic carbocycles. The Balaban J connectivity index is 1.69. The number of carbonyl (C=O) groups excluding carboxylic acids is 1. The fourth-order valence-corrected chi connectivity index (χ4v) is 2.68. The second-order valence-electron chi connectivity index (χ2n) is 4.64. The van der Waals surface area contributed by atoms with Gasteiger partial charge in [-0.05, 0) is 30.5 Å². The van der Waals surface area contributed by atoms with Gasteiger partial charge in [0.25, 0.3) is 0 Å². The van der Waals surface area contributed by atoms with Gasteiger partial charge in [-0.15, -0.1) is 11.3 Å². The highest BCUT2D eigenvalue weighted by Gasteiger charge is 2.07. The third-order valence-electron chi connectivity index (χ3n) is 3.05. The molecule has 106 valence electrons. The van der Waals surface area contributed by atoms with Crippen LogP contribution in [0.25, 0.3) is 11.0 Å². The number of nitrogens with zero attached hydrogens (tertiary/aromatic N) is 1. The van der Waals surface area contributed by atoms with Crippen molar-refractivity contribution in [2.24, 2.45) is 5.10 Å². The molecule has 0 spiro atoms. The highest BCUT2D eigenvalue weighted by molar-refractivity contribution is 7.10. The number of hydrogen-bond acceptors (Lipinski definition) is 4. The predicted molar refractivity (Wildman–Crippen MR) is 84.6 cm³/mol. The van der Waals surface area contributed by atoms with Gasteiger partial charge in [-0.25, -0.2) is 5.43 Å². The number of fused-ring (bicyclic) bond motifs is 1. The monoisotopic (exact) mass is 298 g/mol. The van der Waals surface area contributed by atoms with Gasteiger partial charge in [-0.2, -0.15) is 5.10 Å². The summed E-state index contributed by atoms with van der Waals surface area (Å²) in [6.07, 6.45) is 0.342. The molecule has 3 rings (SSSR count). The largest absolute Gasteiger partial charge is 0.455 e. The normalized spacial score (nSPS) is 11.8. The average molecular weight is 298 g/mol. The van der Waals surface area contributed by atoms with Gasteiger partial charge in [0.05, 0.1) is 6.42 Å². The number of hydrogen-bond donors (Lipinski definition) is 1. The molecule has 0 aliphatic rings. The van der Waals surface area contributed by atoms with Crippen LogP contribution >= 0.6 is 11.3 Å². The molecular weight excluding hydrogens is 284 g/mol. The van der Waals surface area contributed by atoms with Gasteiger partial charge in [-0.3, -0.25) is 4.79 Å². The molecule has 0 saturated heterocycles. The molecule has 21 heavy (non-hydrogen) atoms. The van der Waals surface area contributed by atoms with E-state index in [-0.39, 0.29) is 5.91 Å². The summed E-state index contributed by atoms with van der Waals surface area (Å²) in [5.41, 5.74) is 4.02. The Hall–Kier alpha value is -2.40. The minimum atomic E-state index is -0.132. The van der Waals surface area contributed by atoms with Crippen molar-refractivity contribution < 1.29 is 9.21 Å². The van der Waals surface area contributed by atoms with Crippen LogP contribution in [-0.2, 0) is 11.2 Å². The van der Waals surface area contributed by atoms with Crippen LogP contribution < -0.4 is 5.43 Å². The number of nitrogens with one attached hydrogen (secondary N) is 1. The highest BCUT2D eigenvalue weighted by atomic mass is 32.1. The van der Waals surface area contributed by atoms with E-state index in [0.717, 1.165) is 15.8 Å². The second-order valence-corrected chi connectivity index (χ2v) is 5.67. The lowest BCUT2D eigenvalue weighted by molar-refractivity contribution is -0.120. The van der Waals surface area contributed by atoms with Crippen LogP contribution in [0.3, 0.4) is 0 Å². The van der Waals surface area contributed by atoms with Crippen molar-refractivity contribution in [2.45, 2.75) is 13.3 Å². The lowest BCUT2D eigenvalue weighted by atomic mass is 10.2. The molecule has 3 aromatic rings. The lowest BCUT2D eigenvalue weighted by Crippen LogP contribution is -2.20. The standard InChI is InChI=1S/C16H14N2O2S/c1-11(15-9-12-5-2-3-7-14(12)20-15)17-18-16(19)10-13-6-4-8-21-13/h2-9H,10H2,1H3,(H,18,19)/b17-11-. The van der Waals surface area contributed by atoms with E-state index < -0.39 is 0 Å². The summed E-state index contributed by atoms with van der Waals surface area (Å²) in [6.45, 7) is 1.81. The van der Waals surface area contributed by atoms with Crippen LogP contribution in [0, 0.1) is 0 Å². The SMILES string of the molecule is C/C(=N/NC(=O)Cc1cccs1)c1cc2ccccc2o1. The van der Waals surface area contributed by atoms with Crippen LogP contribution in [0.5, 0.6) is 0 Å². The Labute approximate surface area is 126 Å². The maximum absolute atomic E-state index is 11.8. The van der Waals surface area contributed by atoms with E-state index in [9.17, 15) is 4.79 Å². The van der Waals surface area contributed by atoms with Crippen molar-refractivity contribution in [2.75, 3.05) is 0 Å². The molecule has 2 aromatic heterocycles. The third-order valence-corrected chi connectivity index (χ3v) is 3.92. The Morgan fingerprint density at radius 3 is 2.90 bits per heavy atom. The number of carbonyl (C=O) groups is 1. The first kappa shape index (κ1) is 13.6. The fourth-order valence-electron chi connectivity index (χ4n) is 1.97. The summed E-state index contributed by atoms with van der Waals surface area (Å²) in [6, 6.07) is 13.5. The van der Waals surface area contributed by atoms with E-state index in [4.69, 9.17) is 4.42 Å². The zero-order chi connectivity index (χ0) is 14.7. The molecule has 2 heterocycles. The average Bonchev–Trinajstić information content (AvgIpc) is 3.13. The van der Waals surface area contributed by atoms with Crippen LogP contribution in [0.4, 0.5) is 0 Å². The van der Waals surface area contributed by atoms with Gasteiger partial charge in [-0.1, -0.05) is 24.3 Å². The van der Waals surface area contributed by atoms with Crippen LogP contribution in [0.15, 0.2) is 57.4 Å². The smallest absolute Gasteiger partial charge is 0.245 e. The maximum atomic E-state index is 11.8. The summed E-state index contributed by atoms with van der Waals surface area (Å²) in [7, 11) is 0. The number of furan rings is 1. The minimum Gasteiger partial charge on any atom is -0.455 e. The molecular formula is C16H14N2O2S. The minimum absolute atomic E-state index is 0.132. The Kier molecular flexibility index (Phi) is 3.83. The van der Waals surface area contributed by atoms with Crippen molar-refractivity contribution in [3.63, 3.8) is 0 Å². The van der Waals surface area contributed by atoms with Crippen molar-refractivity contribution in [3.8, 4) is 0 Å². The van der Waals surface area contributed by atoms with Crippen molar-refractivity contribution in [3.05, 3.63) is 58.5 Å². The first-order valence-electron chi connectivity index (χ1n) is 6.57. The Morgan fingerprint density at radius 1 is 1.29 bits per heavy atom. The molecule has 0 aliphatic heterocycles. The summed E-state index contributed by atoms with van der Waals surface area (Å²) >= 11 is 1.56. The van der Waals surface area contributed by atoms with Crippen molar-refractivity contribution in [1.82, 2.24) is 5.43 Å². The predicted octanol–water partition coefficient (Wildman–Crippen LogP) is 3.58. The Bertz CT molecular complexity index is 755. The van der Waals surface area contributed by atoms with Crippen LogP contribution in [0.1, 0.15) is 17.6 Å². The van der Waals surface area contributed by atoms with Gasteiger partial charge in [0.15, 0.2) is 5.76 Å². The molecule has 4 nitrogen and oxygen atoms in total. The van der Waals surface area contributed by atoms with E-state index in [1.807, 2.05) is 54.8 Å². The van der Waals surface area contributed by atoms with E-state index in [2.05, 4.69) is 10.5 Å². The number of benzene rings is 1. The maximum Gasteiger partial charge on any atom is 0.245 e. The second kappa shape index (κ2) is 5.93. The molecule has 0 fully saturated rings. The summed E-state index contributed by atoms with van der Waals surface area (Å²) in [5, 5.41) is 7.07. The van der Waals surface area contributed by atoms with Gasteiger partial charge >= 0.3 is 0 Å². The topological polar surface area (TPSA) is 54.6 Å². The van der Waals surface area contributed by atoms with E-state index in [1.165, 1.54) is 0 Å². The molecule has 0 aliphatic carbocycles. The highest BCUT2D eigenvalue weighted by Crippen LogP contribution is 2.19. The van der Waals surface area contributed by atoms with Crippen LogP contribution in [-0.4, -0.2) is 11.6 Å². The zero-order valence-electron chi connectivity index (χ0n) is 11.5. The first-order valence-corrected chi connectivity index (χ1v) is 7.45. The third kappa shape index (κ3) is 3.20. The van der Waals surface area contributed by atoms with E-state index in [0.29, 0.717) is 17.9 Å². The van der Waals surface area contributed by atoms with E-state index in [1.54, 1.807) is 11.3 Å². The summed E-state index contributed by atoms with van der Waals surface area (Å²) in [5.74, 6) is 0.528. The molecule has 0 radical (unpaired) electrons. The molecule has 0 unspecified atom stereocenters. The van der Waals surface area contributed by atoms with Gasteiger partial charge in [0, 0.05) is 10.3 Å². The number of para-hydroxylation sites is 1. The van der Waals surface area contributed by atoms with Gasteiger partial charge < -0.3 is 4.42 Å². The summed E-state index contributed by atoms with van der Waals surface area (Å²) < 4.78 is 5.69. The fraction of sp³-hybridized carbons (Fsp3) is 0.125. The Morgan fingerprint density at radius 2 is 2.14 bits per heavy atom. The molecule has 5 heteroatoms. The van der Waals surface area contributed by atoms with Crippen molar-refractivity contribution in [1.29, 1.82) is 0 Å². The molecule has 0 atom stereocenters. The molecule has 0 saturated carbocycles. The quantitative estimate of drug-likeness (QED) is 0.591. The first-order chi connectivity index (χ1) is 10.2. The summed E-state index contributed by atoms with van der Waals surface area (Å²) in [4.78, 5) is 12.8. The molecule has 0 bridgehead atoms. The number of hydrazone groups is 1. The zero-order valence-corrected chi connectivity index (χ0v) is 12.3. The lowest BCUT2D eigenvalue weighted by Gasteiger charge is -1.99. The van der Waals surface area contributed by atoms with Crippen LogP contribution in [0.2, 0.25) is 0 Å². The number of rotatable bonds is 4. The number of amides is 1. The molecule has 1 amide bonds. The molecule has 1 N–H and O–H groups in total. The number of thiophene rings is 1.